The maximum absolute atomic E-state index is 12.9. The predicted octanol–water partition coefficient (Wildman–Crippen LogP) is 3.23. The van der Waals surface area contributed by atoms with Gasteiger partial charge < -0.3 is 10.2 Å². The van der Waals surface area contributed by atoms with E-state index < -0.39 is 0 Å². The molecule has 1 aromatic rings. The Morgan fingerprint density at radius 2 is 1.62 bits per heavy atom. The van der Waals surface area contributed by atoms with Crippen LogP contribution in [-0.4, -0.2) is 35.3 Å². The molecule has 0 radical (unpaired) electrons. The molecular weight excluding hydrogens is 324 g/mol. The highest BCUT2D eigenvalue weighted by Crippen LogP contribution is 2.28. The second kappa shape index (κ2) is 7.81. The molecule has 1 heterocycles. The lowest BCUT2D eigenvalue weighted by molar-refractivity contribution is -0.141. The minimum atomic E-state index is -0.0420. The van der Waals surface area contributed by atoms with E-state index in [1.807, 2.05) is 4.90 Å². The molecule has 0 aromatic heterocycles. The van der Waals surface area contributed by atoms with E-state index >= 15 is 0 Å². The quantitative estimate of drug-likeness (QED) is 0.847. The van der Waals surface area contributed by atoms with Gasteiger partial charge in [-0.05, 0) is 43.2 Å². The Balaban J connectivity index is 1.35. The standard InChI is InChI=1S/C22H30N2O2/c25-21-12-11-18(15-24(21)20-9-3-1-2-4-10-20)22(26)23-19-13-16-7-5-6-8-17(16)14-19/h5-8,18-20H,1-4,9-15H2,(H,23,26)/t18-/m0/s1. The highest BCUT2D eigenvalue weighted by Gasteiger charge is 2.35. The number of likely N-dealkylation sites (tertiary alicyclic amines) is 1. The number of rotatable bonds is 3. The van der Waals surface area contributed by atoms with Gasteiger partial charge in [0.2, 0.25) is 11.8 Å². The fraction of sp³-hybridized carbons (Fsp3) is 0.636. The van der Waals surface area contributed by atoms with Crippen LogP contribution in [0, 0.1) is 5.92 Å². The lowest BCUT2D eigenvalue weighted by Crippen LogP contribution is -2.51. The third kappa shape index (κ3) is 3.79. The van der Waals surface area contributed by atoms with Gasteiger partial charge in [-0.25, -0.2) is 0 Å². The number of carbonyl (C=O) groups excluding carboxylic acids is 2. The molecule has 0 unspecified atom stereocenters. The summed E-state index contributed by atoms with van der Waals surface area (Å²) in [5.41, 5.74) is 2.72. The monoisotopic (exact) mass is 354 g/mol. The third-order valence-electron chi connectivity index (χ3n) is 6.48. The molecule has 1 aliphatic heterocycles. The van der Waals surface area contributed by atoms with Crippen molar-refractivity contribution in [1.29, 1.82) is 0 Å². The van der Waals surface area contributed by atoms with Crippen molar-refractivity contribution in [2.75, 3.05) is 6.54 Å². The van der Waals surface area contributed by atoms with Crippen molar-refractivity contribution in [1.82, 2.24) is 10.2 Å². The van der Waals surface area contributed by atoms with Gasteiger partial charge >= 0.3 is 0 Å². The van der Waals surface area contributed by atoms with Crippen molar-refractivity contribution in [3.05, 3.63) is 35.4 Å². The van der Waals surface area contributed by atoms with Crippen LogP contribution in [0.15, 0.2) is 24.3 Å². The van der Waals surface area contributed by atoms with Gasteiger partial charge in [0.05, 0.1) is 5.92 Å². The van der Waals surface area contributed by atoms with E-state index in [0.29, 0.717) is 25.4 Å². The van der Waals surface area contributed by atoms with E-state index in [1.165, 1.54) is 36.8 Å². The molecule has 1 N–H and O–H groups in total. The van der Waals surface area contributed by atoms with Crippen molar-refractivity contribution < 1.29 is 9.59 Å². The van der Waals surface area contributed by atoms with E-state index in [0.717, 1.165) is 25.7 Å². The summed E-state index contributed by atoms with van der Waals surface area (Å²) < 4.78 is 0. The zero-order valence-electron chi connectivity index (χ0n) is 15.6. The summed E-state index contributed by atoms with van der Waals surface area (Å²) in [4.78, 5) is 27.4. The average molecular weight is 354 g/mol. The van der Waals surface area contributed by atoms with Crippen molar-refractivity contribution in [3.63, 3.8) is 0 Å². The maximum Gasteiger partial charge on any atom is 0.225 e. The Labute approximate surface area is 156 Å². The van der Waals surface area contributed by atoms with E-state index in [2.05, 4.69) is 29.6 Å². The predicted molar refractivity (Wildman–Crippen MR) is 102 cm³/mol. The number of benzene rings is 1. The van der Waals surface area contributed by atoms with Gasteiger partial charge in [-0.1, -0.05) is 49.9 Å². The topological polar surface area (TPSA) is 49.4 Å². The van der Waals surface area contributed by atoms with Gasteiger partial charge in [-0.15, -0.1) is 0 Å². The maximum atomic E-state index is 12.9. The molecule has 4 rings (SSSR count). The normalized spacial score (nSPS) is 25.0. The van der Waals surface area contributed by atoms with Gasteiger partial charge in [0, 0.05) is 25.0 Å². The van der Waals surface area contributed by atoms with E-state index in [4.69, 9.17) is 0 Å². The number of nitrogens with zero attached hydrogens (tertiary/aromatic N) is 1. The first-order chi connectivity index (χ1) is 12.7. The number of hydrogen-bond donors (Lipinski definition) is 1. The number of fused-ring (bicyclic) bond motifs is 1. The van der Waals surface area contributed by atoms with Gasteiger partial charge in [0.15, 0.2) is 0 Å². The molecule has 4 nitrogen and oxygen atoms in total. The van der Waals surface area contributed by atoms with Crippen molar-refractivity contribution in [3.8, 4) is 0 Å². The largest absolute Gasteiger partial charge is 0.352 e. The van der Waals surface area contributed by atoms with Gasteiger partial charge in [0.25, 0.3) is 0 Å². The molecule has 0 spiro atoms. The van der Waals surface area contributed by atoms with Crippen LogP contribution in [0.1, 0.15) is 62.5 Å². The second-order valence-corrected chi connectivity index (χ2v) is 8.31. The molecule has 4 heteroatoms. The number of piperidine rings is 1. The van der Waals surface area contributed by atoms with E-state index in [-0.39, 0.29) is 23.8 Å². The SMILES string of the molecule is O=C(NC1Cc2ccccc2C1)[C@H]1CCC(=O)N(C2CCCCCC2)C1. The van der Waals surface area contributed by atoms with Crippen LogP contribution in [0.25, 0.3) is 0 Å². The molecule has 140 valence electrons. The highest BCUT2D eigenvalue weighted by atomic mass is 16.2. The van der Waals surface area contributed by atoms with Gasteiger partial charge in [-0.3, -0.25) is 9.59 Å². The summed E-state index contributed by atoms with van der Waals surface area (Å²) in [7, 11) is 0. The first kappa shape index (κ1) is 17.6. The van der Waals surface area contributed by atoms with Crippen molar-refractivity contribution in [2.45, 2.75) is 76.3 Å². The van der Waals surface area contributed by atoms with Crippen molar-refractivity contribution >= 4 is 11.8 Å². The minimum absolute atomic E-state index is 0.0420. The molecule has 2 amide bonds. The molecule has 0 bridgehead atoms. The average Bonchev–Trinajstić information content (AvgIpc) is 2.86. The number of nitrogens with one attached hydrogen (secondary N) is 1. The Morgan fingerprint density at radius 3 is 2.27 bits per heavy atom. The molecule has 1 atom stereocenters. The molecule has 3 aliphatic rings. The minimum Gasteiger partial charge on any atom is -0.352 e. The summed E-state index contributed by atoms with van der Waals surface area (Å²) in [5.74, 6) is 0.364. The third-order valence-corrected chi connectivity index (χ3v) is 6.48. The number of carbonyl (C=O) groups is 2. The smallest absolute Gasteiger partial charge is 0.225 e. The molecule has 26 heavy (non-hydrogen) atoms. The first-order valence-electron chi connectivity index (χ1n) is 10.4. The first-order valence-corrected chi connectivity index (χ1v) is 10.4. The summed E-state index contributed by atoms with van der Waals surface area (Å²) in [6.07, 6.45) is 10.3. The van der Waals surface area contributed by atoms with Crippen LogP contribution in [0.2, 0.25) is 0 Å². The number of amides is 2. The van der Waals surface area contributed by atoms with Crippen LogP contribution in [0.3, 0.4) is 0 Å². The van der Waals surface area contributed by atoms with Gasteiger partial charge in [0.1, 0.15) is 0 Å². The van der Waals surface area contributed by atoms with Crippen LogP contribution < -0.4 is 5.32 Å². The lowest BCUT2D eigenvalue weighted by Gasteiger charge is -2.38. The zero-order valence-corrected chi connectivity index (χ0v) is 15.6. The fourth-order valence-electron chi connectivity index (χ4n) is 4.99. The lowest BCUT2D eigenvalue weighted by atomic mass is 9.93. The van der Waals surface area contributed by atoms with Crippen LogP contribution in [0.4, 0.5) is 0 Å². The van der Waals surface area contributed by atoms with Gasteiger partial charge in [-0.2, -0.15) is 0 Å². The van der Waals surface area contributed by atoms with E-state index in [1.54, 1.807) is 0 Å². The fourth-order valence-corrected chi connectivity index (χ4v) is 4.99. The summed E-state index contributed by atoms with van der Waals surface area (Å²) in [6.45, 7) is 0.620. The Kier molecular flexibility index (Phi) is 5.28. The van der Waals surface area contributed by atoms with Crippen LogP contribution in [-0.2, 0) is 22.4 Å². The summed E-state index contributed by atoms with van der Waals surface area (Å²) >= 11 is 0. The molecule has 1 aromatic carbocycles. The summed E-state index contributed by atoms with van der Waals surface area (Å²) in [5, 5.41) is 3.27. The Bertz CT molecular complexity index is 639. The molecular formula is C22H30N2O2. The second-order valence-electron chi connectivity index (χ2n) is 8.31. The Hall–Kier alpha value is -1.84. The molecule has 1 saturated carbocycles. The van der Waals surface area contributed by atoms with Crippen molar-refractivity contribution in [2.24, 2.45) is 5.92 Å². The highest BCUT2D eigenvalue weighted by molar-refractivity contribution is 5.84. The molecule has 2 aliphatic carbocycles. The molecule has 2 fully saturated rings. The molecule has 1 saturated heterocycles. The van der Waals surface area contributed by atoms with Crippen LogP contribution >= 0.6 is 0 Å². The summed E-state index contributed by atoms with van der Waals surface area (Å²) in [6, 6.07) is 9.03. The van der Waals surface area contributed by atoms with E-state index in [9.17, 15) is 9.59 Å². The Morgan fingerprint density at radius 1 is 0.962 bits per heavy atom. The number of hydrogen-bond acceptors (Lipinski definition) is 2. The zero-order chi connectivity index (χ0) is 17.9. The van der Waals surface area contributed by atoms with Crippen LogP contribution in [0.5, 0.6) is 0 Å².